The summed E-state index contributed by atoms with van der Waals surface area (Å²) in [5, 5.41) is 2.83. The first-order chi connectivity index (χ1) is 6.46. The van der Waals surface area contributed by atoms with Crippen LogP contribution in [0.2, 0.25) is 0 Å². The van der Waals surface area contributed by atoms with Crippen LogP contribution in [0.4, 0.5) is 0 Å². The van der Waals surface area contributed by atoms with Gasteiger partial charge < -0.3 is 15.8 Å². The van der Waals surface area contributed by atoms with E-state index < -0.39 is 0 Å². The molecule has 0 aliphatic rings. The molecule has 0 bridgehead atoms. The minimum atomic E-state index is -0.317. The van der Waals surface area contributed by atoms with Crippen LogP contribution in [0.25, 0.3) is 0 Å². The van der Waals surface area contributed by atoms with E-state index in [9.17, 15) is 4.79 Å². The standard InChI is InChI=1S/C10H22N2O2/c1-5-8(6-11)9(13)12-7-10(2,3)14-4/h8H,5-7,11H2,1-4H3,(H,12,13). The van der Waals surface area contributed by atoms with E-state index in [4.69, 9.17) is 10.5 Å². The molecular weight excluding hydrogens is 180 g/mol. The first-order valence-corrected chi connectivity index (χ1v) is 4.99. The number of ether oxygens (including phenoxy) is 1. The van der Waals surface area contributed by atoms with Gasteiger partial charge in [-0.2, -0.15) is 0 Å². The highest BCUT2D eigenvalue weighted by atomic mass is 16.5. The highest BCUT2D eigenvalue weighted by Crippen LogP contribution is 2.06. The Hall–Kier alpha value is -0.610. The lowest BCUT2D eigenvalue weighted by Gasteiger charge is -2.24. The molecule has 3 N–H and O–H groups in total. The third-order valence-electron chi connectivity index (χ3n) is 2.39. The van der Waals surface area contributed by atoms with Gasteiger partial charge in [0.25, 0.3) is 0 Å². The van der Waals surface area contributed by atoms with Gasteiger partial charge in [-0.3, -0.25) is 4.79 Å². The fourth-order valence-electron chi connectivity index (χ4n) is 0.976. The number of carbonyl (C=O) groups excluding carboxylic acids is 1. The average Bonchev–Trinajstić information content (AvgIpc) is 2.17. The number of carbonyl (C=O) groups is 1. The largest absolute Gasteiger partial charge is 0.377 e. The molecular formula is C10H22N2O2. The van der Waals surface area contributed by atoms with Gasteiger partial charge in [0.05, 0.1) is 5.60 Å². The maximum Gasteiger partial charge on any atom is 0.224 e. The Morgan fingerprint density at radius 1 is 1.57 bits per heavy atom. The molecule has 4 nitrogen and oxygen atoms in total. The van der Waals surface area contributed by atoms with Crippen molar-refractivity contribution in [2.75, 3.05) is 20.2 Å². The number of hydrogen-bond acceptors (Lipinski definition) is 3. The molecule has 0 aromatic rings. The van der Waals surface area contributed by atoms with Crippen LogP contribution in [0.5, 0.6) is 0 Å². The van der Waals surface area contributed by atoms with Crippen molar-refractivity contribution in [3.05, 3.63) is 0 Å². The van der Waals surface area contributed by atoms with E-state index in [-0.39, 0.29) is 17.4 Å². The zero-order valence-corrected chi connectivity index (χ0v) is 9.59. The highest BCUT2D eigenvalue weighted by molar-refractivity contribution is 5.78. The Morgan fingerprint density at radius 2 is 2.14 bits per heavy atom. The molecule has 0 radical (unpaired) electrons. The molecule has 0 aliphatic carbocycles. The minimum absolute atomic E-state index is 0.0140. The summed E-state index contributed by atoms with van der Waals surface area (Å²) in [6.07, 6.45) is 0.774. The molecule has 0 aliphatic heterocycles. The summed E-state index contributed by atoms with van der Waals surface area (Å²) in [4.78, 5) is 11.5. The molecule has 1 atom stereocenters. The summed E-state index contributed by atoms with van der Waals surface area (Å²) in [5.74, 6) is -0.0669. The Bertz CT molecular complexity index is 177. The van der Waals surface area contributed by atoms with Crippen LogP contribution in [0, 0.1) is 5.92 Å². The van der Waals surface area contributed by atoms with E-state index in [0.29, 0.717) is 13.1 Å². The molecule has 0 aromatic carbocycles. The van der Waals surface area contributed by atoms with Crippen molar-refractivity contribution in [3.63, 3.8) is 0 Å². The van der Waals surface area contributed by atoms with Crippen molar-refractivity contribution in [3.8, 4) is 0 Å². The summed E-state index contributed by atoms with van der Waals surface area (Å²) in [5.41, 5.74) is 5.15. The zero-order valence-electron chi connectivity index (χ0n) is 9.59. The van der Waals surface area contributed by atoms with Gasteiger partial charge in [0, 0.05) is 26.1 Å². The molecule has 1 unspecified atom stereocenters. The van der Waals surface area contributed by atoms with Gasteiger partial charge >= 0.3 is 0 Å². The van der Waals surface area contributed by atoms with E-state index in [1.54, 1.807) is 7.11 Å². The molecule has 0 aromatic heterocycles. The lowest BCUT2D eigenvalue weighted by molar-refractivity contribution is -0.126. The van der Waals surface area contributed by atoms with Crippen molar-refractivity contribution in [1.82, 2.24) is 5.32 Å². The number of hydrogen-bond donors (Lipinski definition) is 2. The Balaban J connectivity index is 3.95. The Kier molecular flexibility index (Phi) is 5.72. The van der Waals surface area contributed by atoms with Crippen LogP contribution in [-0.4, -0.2) is 31.7 Å². The molecule has 0 spiro atoms. The van der Waals surface area contributed by atoms with E-state index in [1.165, 1.54) is 0 Å². The van der Waals surface area contributed by atoms with Gasteiger partial charge in [-0.1, -0.05) is 6.92 Å². The third kappa shape index (κ3) is 4.58. The predicted molar refractivity (Wildman–Crippen MR) is 56.9 cm³/mol. The molecule has 0 rings (SSSR count). The fraction of sp³-hybridized carbons (Fsp3) is 0.900. The van der Waals surface area contributed by atoms with Crippen molar-refractivity contribution >= 4 is 5.91 Å². The summed E-state index contributed by atoms with van der Waals surface area (Å²) in [6.45, 7) is 6.72. The van der Waals surface area contributed by atoms with Crippen LogP contribution in [0.3, 0.4) is 0 Å². The molecule has 1 amide bonds. The normalized spacial score (nSPS) is 13.8. The van der Waals surface area contributed by atoms with Gasteiger partial charge in [0.1, 0.15) is 0 Å². The number of methoxy groups -OCH3 is 1. The monoisotopic (exact) mass is 202 g/mol. The minimum Gasteiger partial charge on any atom is -0.377 e. The summed E-state index contributed by atoms with van der Waals surface area (Å²) < 4.78 is 5.19. The summed E-state index contributed by atoms with van der Waals surface area (Å²) >= 11 is 0. The quantitative estimate of drug-likeness (QED) is 0.659. The van der Waals surface area contributed by atoms with Crippen LogP contribution in [0.15, 0.2) is 0 Å². The van der Waals surface area contributed by atoms with Crippen LogP contribution in [0.1, 0.15) is 27.2 Å². The van der Waals surface area contributed by atoms with Gasteiger partial charge in [-0.15, -0.1) is 0 Å². The van der Waals surface area contributed by atoms with Gasteiger partial charge in [0.2, 0.25) is 5.91 Å². The van der Waals surface area contributed by atoms with Crippen molar-refractivity contribution in [2.24, 2.45) is 11.7 Å². The van der Waals surface area contributed by atoms with E-state index in [0.717, 1.165) is 6.42 Å². The maximum absolute atomic E-state index is 11.5. The fourth-order valence-corrected chi connectivity index (χ4v) is 0.976. The maximum atomic E-state index is 11.5. The van der Waals surface area contributed by atoms with E-state index in [2.05, 4.69) is 5.32 Å². The van der Waals surface area contributed by atoms with Crippen LogP contribution < -0.4 is 11.1 Å². The first kappa shape index (κ1) is 13.4. The van der Waals surface area contributed by atoms with Crippen molar-refractivity contribution < 1.29 is 9.53 Å². The number of amides is 1. The lowest BCUT2D eigenvalue weighted by Crippen LogP contribution is -2.43. The van der Waals surface area contributed by atoms with Crippen LogP contribution in [-0.2, 0) is 9.53 Å². The third-order valence-corrected chi connectivity index (χ3v) is 2.39. The van der Waals surface area contributed by atoms with Gasteiger partial charge in [0.15, 0.2) is 0 Å². The highest BCUT2D eigenvalue weighted by Gasteiger charge is 2.20. The zero-order chi connectivity index (χ0) is 11.2. The molecule has 14 heavy (non-hydrogen) atoms. The number of rotatable bonds is 6. The number of nitrogens with two attached hydrogens (primary N) is 1. The molecule has 84 valence electrons. The summed E-state index contributed by atoms with van der Waals surface area (Å²) in [6, 6.07) is 0. The molecule has 0 fully saturated rings. The number of nitrogens with one attached hydrogen (secondary N) is 1. The van der Waals surface area contributed by atoms with Gasteiger partial charge in [-0.25, -0.2) is 0 Å². The summed E-state index contributed by atoms with van der Waals surface area (Å²) in [7, 11) is 1.63. The first-order valence-electron chi connectivity index (χ1n) is 4.99. The topological polar surface area (TPSA) is 64.4 Å². The Labute approximate surface area is 86.2 Å². The van der Waals surface area contributed by atoms with E-state index in [1.807, 2.05) is 20.8 Å². The van der Waals surface area contributed by atoms with Crippen molar-refractivity contribution in [2.45, 2.75) is 32.8 Å². The van der Waals surface area contributed by atoms with E-state index >= 15 is 0 Å². The second-order valence-electron chi connectivity index (χ2n) is 4.02. The molecule has 0 saturated carbocycles. The second-order valence-corrected chi connectivity index (χ2v) is 4.02. The smallest absolute Gasteiger partial charge is 0.224 e. The predicted octanol–water partition coefficient (Wildman–Crippen LogP) is 0.513. The molecule has 0 saturated heterocycles. The SMILES string of the molecule is CCC(CN)C(=O)NCC(C)(C)OC. The van der Waals surface area contributed by atoms with Crippen LogP contribution >= 0.6 is 0 Å². The average molecular weight is 202 g/mol. The molecule has 0 heterocycles. The van der Waals surface area contributed by atoms with Gasteiger partial charge in [-0.05, 0) is 20.3 Å². The van der Waals surface area contributed by atoms with Crippen molar-refractivity contribution in [1.29, 1.82) is 0 Å². The second kappa shape index (κ2) is 5.98. The molecule has 4 heteroatoms. The Morgan fingerprint density at radius 3 is 2.50 bits per heavy atom. The lowest BCUT2D eigenvalue weighted by atomic mass is 10.1.